The van der Waals surface area contributed by atoms with Gasteiger partial charge < -0.3 is 5.11 Å². The van der Waals surface area contributed by atoms with Crippen molar-refractivity contribution in [3.63, 3.8) is 0 Å². The van der Waals surface area contributed by atoms with Crippen LogP contribution in [0.4, 0.5) is 0 Å². The number of aryl methyl sites for hydroxylation is 1. The SMILES string of the molecule is Oc1ccc(CC[C@@H]2CCCCN2Cc2ccncc2)cc1. The van der Waals surface area contributed by atoms with Gasteiger partial charge in [0.15, 0.2) is 0 Å². The Kier molecular flexibility index (Phi) is 5.07. The molecule has 3 rings (SSSR count). The molecule has 1 saturated heterocycles. The molecule has 3 nitrogen and oxygen atoms in total. The summed E-state index contributed by atoms with van der Waals surface area (Å²) in [6.45, 7) is 2.23. The second-order valence-electron chi connectivity index (χ2n) is 6.18. The Labute approximate surface area is 132 Å². The van der Waals surface area contributed by atoms with E-state index in [1.54, 1.807) is 12.1 Å². The normalized spacial score (nSPS) is 19.2. The van der Waals surface area contributed by atoms with Gasteiger partial charge in [0.25, 0.3) is 0 Å². The number of nitrogens with zero attached hydrogens (tertiary/aromatic N) is 2. The van der Waals surface area contributed by atoms with Gasteiger partial charge in [-0.25, -0.2) is 0 Å². The molecule has 1 fully saturated rings. The van der Waals surface area contributed by atoms with Crippen LogP contribution >= 0.6 is 0 Å². The van der Waals surface area contributed by atoms with Gasteiger partial charge in [-0.3, -0.25) is 9.88 Å². The molecule has 1 aromatic carbocycles. The van der Waals surface area contributed by atoms with Gasteiger partial charge >= 0.3 is 0 Å². The molecular formula is C19H24N2O. The van der Waals surface area contributed by atoms with E-state index in [1.165, 1.54) is 43.4 Å². The van der Waals surface area contributed by atoms with Crippen molar-refractivity contribution in [1.82, 2.24) is 9.88 Å². The van der Waals surface area contributed by atoms with Crippen LogP contribution in [-0.2, 0) is 13.0 Å². The number of pyridine rings is 1. The molecule has 0 radical (unpaired) electrons. The molecule has 1 atom stereocenters. The van der Waals surface area contributed by atoms with E-state index in [-0.39, 0.29) is 0 Å². The molecule has 1 aliphatic heterocycles. The fourth-order valence-corrected chi connectivity index (χ4v) is 3.31. The molecule has 22 heavy (non-hydrogen) atoms. The zero-order chi connectivity index (χ0) is 15.2. The number of hydrogen-bond donors (Lipinski definition) is 1. The quantitative estimate of drug-likeness (QED) is 0.912. The van der Waals surface area contributed by atoms with Gasteiger partial charge in [0.05, 0.1) is 0 Å². The second kappa shape index (κ2) is 7.41. The van der Waals surface area contributed by atoms with Crippen molar-refractivity contribution in [2.75, 3.05) is 6.54 Å². The molecular weight excluding hydrogens is 272 g/mol. The summed E-state index contributed by atoms with van der Waals surface area (Å²) >= 11 is 0. The zero-order valence-electron chi connectivity index (χ0n) is 13.0. The van der Waals surface area contributed by atoms with Gasteiger partial charge in [0.2, 0.25) is 0 Å². The Balaban J connectivity index is 1.59. The molecule has 3 heteroatoms. The molecule has 0 unspecified atom stereocenters. The van der Waals surface area contributed by atoms with Crippen molar-refractivity contribution in [1.29, 1.82) is 0 Å². The Morgan fingerprint density at radius 3 is 2.55 bits per heavy atom. The minimum atomic E-state index is 0.348. The number of hydrogen-bond acceptors (Lipinski definition) is 3. The van der Waals surface area contributed by atoms with Crippen LogP contribution in [-0.4, -0.2) is 27.6 Å². The Morgan fingerprint density at radius 1 is 1.00 bits per heavy atom. The van der Waals surface area contributed by atoms with Crippen LogP contribution in [0.5, 0.6) is 5.75 Å². The van der Waals surface area contributed by atoms with Crippen LogP contribution < -0.4 is 0 Å². The third-order valence-electron chi connectivity index (χ3n) is 4.59. The average Bonchev–Trinajstić information content (AvgIpc) is 2.56. The monoisotopic (exact) mass is 296 g/mol. The highest BCUT2D eigenvalue weighted by molar-refractivity contribution is 5.26. The maximum atomic E-state index is 9.37. The van der Waals surface area contributed by atoms with E-state index < -0.39 is 0 Å². The van der Waals surface area contributed by atoms with Gasteiger partial charge in [-0.2, -0.15) is 0 Å². The minimum absolute atomic E-state index is 0.348. The van der Waals surface area contributed by atoms with Gasteiger partial charge in [-0.1, -0.05) is 18.6 Å². The van der Waals surface area contributed by atoms with Gasteiger partial charge in [0, 0.05) is 25.0 Å². The van der Waals surface area contributed by atoms with Crippen molar-refractivity contribution >= 4 is 0 Å². The lowest BCUT2D eigenvalue weighted by Gasteiger charge is -2.36. The van der Waals surface area contributed by atoms with E-state index in [4.69, 9.17) is 0 Å². The molecule has 0 bridgehead atoms. The zero-order valence-corrected chi connectivity index (χ0v) is 13.0. The first-order valence-corrected chi connectivity index (χ1v) is 8.22. The van der Waals surface area contributed by atoms with E-state index in [9.17, 15) is 5.11 Å². The number of phenolic OH excluding ortho intramolecular Hbond substituents is 1. The topological polar surface area (TPSA) is 36.4 Å². The van der Waals surface area contributed by atoms with E-state index in [0.29, 0.717) is 11.8 Å². The predicted octanol–water partition coefficient (Wildman–Crippen LogP) is 3.77. The smallest absolute Gasteiger partial charge is 0.115 e. The van der Waals surface area contributed by atoms with Crippen molar-refractivity contribution < 1.29 is 5.11 Å². The van der Waals surface area contributed by atoms with Crippen molar-refractivity contribution in [3.8, 4) is 5.75 Å². The summed E-state index contributed by atoms with van der Waals surface area (Å²) in [4.78, 5) is 6.73. The van der Waals surface area contributed by atoms with Crippen LogP contribution in [0, 0.1) is 0 Å². The average molecular weight is 296 g/mol. The molecule has 0 amide bonds. The lowest BCUT2D eigenvalue weighted by molar-refractivity contribution is 0.132. The number of piperidine rings is 1. The number of rotatable bonds is 5. The van der Waals surface area contributed by atoms with Crippen molar-refractivity contribution in [3.05, 3.63) is 59.9 Å². The number of aromatic nitrogens is 1. The molecule has 0 saturated carbocycles. The van der Waals surface area contributed by atoms with Crippen LogP contribution in [0.25, 0.3) is 0 Å². The van der Waals surface area contributed by atoms with E-state index >= 15 is 0 Å². The van der Waals surface area contributed by atoms with Gasteiger partial charge in [-0.15, -0.1) is 0 Å². The minimum Gasteiger partial charge on any atom is -0.508 e. The van der Waals surface area contributed by atoms with E-state index in [1.807, 2.05) is 24.5 Å². The lowest BCUT2D eigenvalue weighted by Crippen LogP contribution is -2.39. The number of likely N-dealkylation sites (tertiary alicyclic amines) is 1. The fourth-order valence-electron chi connectivity index (χ4n) is 3.31. The predicted molar refractivity (Wildman–Crippen MR) is 88.7 cm³/mol. The summed E-state index contributed by atoms with van der Waals surface area (Å²) < 4.78 is 0. The molecule has 2 aromatic rings. The Hall–Kier alpha value is -1.87. The highest BCUT2D eigenvalue weighted by atomic mass is 16.3. The standard InChI is InChI=1S/C19H24N2O/c22-19-8-5-16(6-9-19)4-7-18-3-1-2-14-21(18)15-17-10-12-20-13-11-17/h5-6,8-13,18,22H,1-4,7,14-15H2/t18-/m0/s1. The molecule has 116 valence electrons. The Bertz CT molecular complexity index is 568. The summed E-state index contributed by atoms with van der Waals surface area (Å²) in [5.74, 6) is 0.348. The summed E-state index contributed by atoms with van der Waals surface area (Å²) in [5, 5.41) is 9.37. The third-order valence-corrected chi connectivity index (χ3v) is 4.59. The molecule has 1 aliphatic rings. The first-order valence-electron chi connectivity index (χ1n) is 8.22. The van der Waals surface area contributed by atoms with Crippen molar-refractivity contribution in [2.24, 2.45) is 0 Å². The van der Waals surface area contributed by atoms with Crippen LogP contribution in [0.2, 0.25) is 0 Å². The van der Waals surface area contributed by atoms with Gasteiger partial charge in [-0.05, 0) is 67.6 Å². The van der Waals surface area contributed by atoms with Crippen LogP contribution in [0.3, 0.4) is 0 Å². The van der Waals surface area contributed by atoms with Crippen LogP contribution in [0.15, 0.2) is 48.8 Å². The number of aromatic hydroxyl groups is 1. The highest BCUT2D eigenvalue weighted by Gasteiger charge is 2.22. The lowest BCUT2D eigenvalue weighted by atomic mass is 9.95. The summed E-state index contributed by atoms with van der Waals surface area (Å²) in [6.07, 6.45) is 9.97. The number of benzene rings is 1. The third kappa shape index (κ3) is 4.08. The van der Waals surface area contributed by atoms with Crippen molar-refractivity contribution in [2.45, 2.75) is 44.7 Å². The Morgan fingerprint density at radius 2 is 1.77 bits per heavy atom. The molecule has 0 aliphatic carbocycles. The second-order valence-corrected chi connectivity index (χ2v) is 6.18. The summed E-state index contributed by atoms with van der Waals surface area (Å²) in [7, 11) is 0. The van der Waals surface area contributed by atoms with E-state index in [0.717, 1.165) is 13.0 Å². The highest BCUT2D eigenvalue weighted by Crippen LogP contribution is 2.23. The number of phenols is 1. The molecule has 1 N–H and O–H groups in total. The molecule has 2 heterocycles. The first kappa shape index (κ1) is 15.0. The van der Waals surface area contributed by atoms with E-state index in [2.05, 4.69) is 22.0 Å². The summed E-state index contributed by atoms with van der Waals surface area (Å²) in [5.41, 5.74) is 2.67. The van der Waals surface area contributed by atoms with Gasteiger partial charge in [0.1, 0.15) is 5.75 Å². The first-order chi connectivity index (χ1) is 10.8. The van der Waals surface area contributed by atoms with Crippen LogP contribution in [0.1, 0.15) is 36.8 Å². The fraction of sp³-hybridized carbons (Fsp3) is 0.421. The maximum Gasteiger partial charge on any atom is 0.115 e. The maximum absolute atomic E-state index is 9.37. The molecule has 1 aromatic heterocycles. The summed E-state index contributed by atoms with van der Waals surface area (Å²) in [6, 6.07) is 12.5. The molecule has 0 spiro atoms. The largest absolute Gasteiger partial charge is 0.508 e.